The highest BCUT2D eigenvalue weighted by Crippen LogP contribution is 2.64. The second-order valence-electron chi connectivity index (χ2n) is 9.39. The van der Waals surface area contributed by atoms with Gasteiger partial charge in [-0.3, -0.25) is 4.90 Å². The molecule has 0 unspecified atom stereocenters. The molecule has 142 valence electrons. The van der Waals surface area contributed by atoms with Gasteiger partial charge in [0, 0.05) is 18.2 Å². The second kappa shape index (κ2) is 5.26. The molecular formula is C22H26N2O3. The molecule has 2 heterocycles. The number of aliphatic hydroxyl groups excluding tert-OH is 1. The molecular weight excluding hydrogens is 340 g/mol. The van der Waals surface area contributed by atoms with Gasteiger partial charge >= 0.3 is 0 Å². The Kier molecular flexibility index (Phi) is 3.18. The van der Waals surface area contributed by atoms with Crippen molar-refractivity contribution in [2.45, 2.75) is 74.2 Å². The number of likely N-dealkylation sites (tertiary alicyclic amines) is 1. The van der Waals surface area contributed by atoms with Gasteiger partial charge in [0.15, 0.2) is 0 Å². The van der Waals surface area contributed by atoms with Crippen LogP contribution in [0.3, 0.4) is 0 Å². The molecule has 27 heavy (non-hydrogen) atoms. The van der Waals surface area contributed by atoms with Crippen LogP contribution in [-0.2, 0) is 11.8 Å². The Balaban J connectivity index is 1.53. The van der Waals surface area contributed by atoms with Gasteiger partial charge in [0.25, 0.3) is 0 Å². The number of benzene rings is 1. The maximum atomic E-state index is 12.2. The highest BCUT2D eigenvalue weighted by Gasteiger charge is 2.72. The molecule has 0 amide bonds. The van der Waals surface area contributed by atoms with E-state index in [0.29, 0.717) is 24.2 Å². The maximum absolute atomic E-state index is 12.2. The predicted molar refractivity (Wildman–Crippen MR) is 98.5 cm³/mol. The Bertz CT molecular complexity index is 860. The molecule has 5 nitrogen and oxygen atoms in total. The predicted octanol–water partition coefficient (Wildman–Crippen LogP) is 1.87. The van der Waals surface area contributed by atoms with E-state index < -0.39 is 23.2 Å². The highest BCUT2D eigenvalue weighted by molar-refractivity contribution is 5.63. The van der Waals surface area contributed by atoms with Gasteiger partial charge in [-0.1, -0.05) is 12.5 Å². The van der Waals surface area contributed by atoms with Crippen LogP contribution in [0.5, 0.6) is 5.75 Å². The van der Waals surface area contributed by atoms with E-state index in [1.54, 1.807) is 0 Å². The fraction of sp³-hybridized carbons (Fsp3) is 0.682. The average Bonchev–Trinajstić information content (AvgIpc) is 2.98. The number of piperidine rings is 1. The molecule has 1 aromatic rings. The van der Waals surface area contributed by atoms with Crippen molar-refractivity contribution in [1.29, 1.82) is 5.26 Å². The van der Waals surface area contributed by atoms with E-state index in [4.69, 9.17) is 4.74 Å². The third kappa shape index (κ3) is 1.80. The normalized spacial score (nSPS) is 42.0. The summed E-state index contributed by atoms with van der Waals surface area (Å²) in [6.45, 7) is 2.02. The van der Waals surface area contributed by atoms with Crippen molar-refractivity contribution < 1.29 is 14.9 Å². The summed E-state index contributed by atoms with van der Waals surface area (Å²) in [4.78, 5) is 2.53. The SMILES string of the molecule is N#Cc1ccc2c3c1O[C@H]1[C@@H](O)CC[C@@]4(O)[C@@H](C2)N(CC2CCC2)CC[C@]314. The van der Waals surface area contributed by atoms with Gasteiger partial charge in [-0.2, -0.15) is 5.26 Å². The van der Waals surface area contributed by atoms with Crippen LogP contribution in [-0.4, -0.2) is 52.1 Å². The van der Waals surface area contributed by atoms with E-state index in [2.05, 4.69) is 17.0 Å². The first kappa shape index (κ1) is 16.4. The molecule has 1 spiro atoms. The van der Waals surface area contributed by atoms with Gasteiger partial charge < -0.3 is 14.9 Å². The molecule has 3 fully saturated rings. The first-order chi connectivity index (χ1) is 13.1. The van der Waals surface area contributed by atoms with Crippen molar-refractivity contribution >= 4 is 0 Å². The van der Waals surface area contributed by atoms with Crippen LogP contribution in [0, 0.1) is 17.2 Å². The third-order valence-electron chi connectivity index (χ3n) is 8.40. The molecule has 1 aromatic carbocycles. The quantitative estimate of drug-likeness (QED) is 0.836. The van der Waals surface area contributed by atoms with Crippen LogP contribution in [0.25, 0.3) is 0 Å². The molecule has 0 aromatic heterocycles. The Morgan fingerprint density at radius 2 is 2.11 bits per heavy atom. The number of ether oxygens (including phenoxy) is 1. The lowest BCUT2D eigenvalue weighted by Gasteiger charge is -2.64. The molecule has 6 rings (SSSR count). The average molecular weight is 366 g/mol. The van der Waals surface area contributed by atoms with Crippen molar-refractivity contribution in [3.05, 3.63) is 28.8 Å². The zero-order valence-corrected chi connectivity index (χ0v) is 15.5. The molecule has 5 heteroatoms. The lowest BCUT2D eigenvalue weighted by molar-refractivity contribution is -0.209. The first-order valence-electron chi connectivity index (χ1n) is 10.5. The number of hydrogen-bond acceptors (Lipinski definition) is 5. The summed E-state index contributed by atoms with van der Waals surface area (Å²) in [5.41, 5.74) is 1.32. The van der Waals surface area contributed by atoms with Crippen LogP contribution < -0.4 is 4.74 Å². The van der Waals surface area contributed by atoms with Gasteiger partial charge in [-0.05, 0) is 62.6 Å². The Morgan fingerprint density at radius 3 is 2.85 bits per heavy atom. The largest absolute Gasteiger partial charge is 0.485 e. The monoisotopic (exact) mass is 366 g/mol. The minimum absolute atomic E-state index is 0.0804. The van der Waals surface area contributed by atoms with Crippen molar-refractivity contribution in [2.75, 3.05) is 13.1 Å². The van der Waals surface area contributed by atoms with Gasteiger partial charge in [0.1, 0.15) is 17.9 Å². The van der Waals surface area contributed by atoms with Gasteiger partial charge in [-0.15, -0.1) is 0 Å². The number of aliphatic hydroxyl groups is 2. The maximum Gasteiger partial charge on any atom is 0.141 e. The summed E-state index contributed by atoms with van der Waals surface area (Å²) >= 11 is 0. The molecule has 2 N–H and O–H groups in total. The van der Waals surface area contributed by atoms with E-state index in [0.717, 1.165) is 37.4 Å². The molecule has 0 radical (unpaired) electrons. The fourth-order valence-electron chi connectivity index (χ4n) is 6.93. The topological polar surface area (TPSA) is 76.7 Å². The molecule has 1 saturated heterocycles. The Morgan fingerprint density at radius 1 is 1.26 bits per heavy atom. The fourth-order valence-corrected chi connectivity index (χ4v) is 6.93. The third-order valence-corrected chi connectivity index (χ3v) is 8.40. The Labute approximate surface area is 159 Å². The van der Waals surface area contributed by atoms with Crippen LogP contribution in [0.4, 0.5) is 0 Å². The minimum Gasteiger partial charge on any atom is -0.485 e. The standard InChI is InChI=1S/C22H26N2O3/c23-11-15-5-4-14-10-17-22(26)7-6-16(25)20-21(22,18(14)19(15)27-20)8-9-24(17)12-13-2-1-3-13/h4-5,13,16-17,20,25-26H,1-3,6-10,12H2/t16-,17+,20-,21-,22+/m0/s1. The van der Waals surface area contributed by atoms with E-state index in [9.17, 15) is 15.5 Å². The van der Waals surface area contributed by atoms with Crippen LogP contribution >= 0.6 is 0 Å². The number of nitriles is 1. The molecule has 2 bridgehead atoms. The molecule has 3 aliphatic carbocycles. The second-order valence-corrected chi connectivity index (χ2v) is 9.39. The lowest BCUT2D eigenvalue weighted by Crippen LogP contribution is -2.77. The van der Waals surface area contributed by atoms with Crippen LogP contribution in [0.15, 0.2) is 12.1 Å². The Hall–Kier alpha value is -1.61. The molecule has 5 atom stereocenters. The molecule has 5 aliphatic rings. The summed E-state index contributed by atoms with van der Waals surface area (Å²) in [5.74, 6) is 1.40. The molecule has 2 aliphatic heterocycles. The van der Waals surface area contributed by atoms with Gasteiger partial charge in [-0.25, -0.2) is 0 Å². The summed E-state index contributed by atoms with van der Waals surface area (Å²) in [6, 6.07) is 6.25. The van der Waals surface area contributed by atoms with Gasteiger partial charge in [0.05, 0.1) is 22.7 Å². The minimum atomic E-state index is -0.884. The smallest absolute Gasteiger partial charge is 0.141 e. The van der Waals surface area contributed by atoms with E-state index in [1.807, 2.05) is 6.07 Å². The zero-order chi connectivity index (χ0) is 18.4. The van der Waals surface area contributed by atoms with Crippen molar-refractivity contribution in [1.82, 2.24) is 4.90 Å². The lowest BCUT2D eigenvalue weighted by atomic mass is 9.48. The van der Waals surface area contributed by atoms with E-state index >= 15 is 0 Å². The highest BCUT2D eigenvalue weighted by atomic mass is 16.5. The van der Waals surface area contributed by atoms with Crippen molar-refractivity contribution in [2.24, 2.45) is 5.92 Å². The number of nitrogens with zero attached hydrogens (tertiary/aromatic N) is 2. The summed E-state index contributed by atoms with van der Waals surface area (Å²) in [7, 11) is 0. The van der Waals surface area contributed by atoms with Crippen molar-refractivity contribution in [3.8, 4) is 11.8 Å². The van der Waals surface area contributed by atoms with Crippen LogP contribution in [0.1, 0.15) is 55.2 Å². The number of rotatable bonds is 2. The van der Waals surface area contributed by atoms with Gasteiger partial charge in [0.2, 0.25) is 0 Å². The molecule has 2 saturated carbocycles. The van der Waals surface area contributed by atoms with E-state index in [1.165, 1.54) is 24.8 Å². The van der Waals surface area contributed by atoms with Crippen molar-refractivity contribution in [3.63, 3.8) is 0 Å². The van der Waals surface area contributed by atoms with Crippen LogP contribution in [0.2, 0.25) is 0 Å². The summed E-state index contributed by atoms with van der Waals surface area (Å²) < 4.78 is 6.28. The zero-order valence-electron chi connectivity index (χ0n) is 15.5. The summed E-state index contributed by atoms with van der Waals surface area (Å²) in [6.07, 6.45) is 5.70. The van der Waals surface area contributed by atoms with E-state index in [-0.39, 0.29) is 6.04 Å². The number of hydrogen-bond donors (Lipinski definition) is 2. The first-order valence-corrected chi connectivity index (χ1v) is 10.5. The summed E-state index contributed by atoms with van der Waals surface area (Å²) in [5, 5.41) is 32.5.